The van der Waals surface area contributed by atoms with E-state index >= 15 is 0 Å². The lowest BCUT2D eigenvalue weighted by Gasteiger charge is -2.09. The molecular formula is C13H20BrNO. The zero-order valence-electron chi connectivity index (χ0n) is 10.1. The van der Waals surface area contributed by atoms with Crippen molar-refractivity contribution in [1.29, 1.82) is 0 Å². The van der Waals surface area contributed by atoms with Crippen molar-refractivity contribution in [3.8, 4) is 5.75 Å². The molecule has 90 valence electrons. The van der Waals surface area contributed by atoms with Gasteiger partial charge >= 0.3 is 0 Å². The highest BCUT2D eigenvalue weighted by molar-refractivity contribution is 9.10. The lowest BCUT2D eigenvalue weighted by Crippen LogP contribution is -2.05. The third-order valence-corrected chi connectivity index (χ3v) is 3.00. The number of unbranched alkanes of at least 4 members (excludes halogenated alkanes) is 2. The number of ether oxygens (including phenoxy) is 1. The van der Waals surface area contributed by atoms with E-state index < -0.39 is 0 Å². The van der Waals surface area contributed by atoms with E-state index in [4.69, 9.17) is 4.74 Å². The molecule has 0 amide bonds. The summed E-state index contributed by atoms with van der Waals surface area (Å²) in [5.74, 6) is 0.941. The van der Waals surface area contributed by atoms with E-state index in [1.807, 2.05) is 13.1 Å². The van der Waals surface area contributed by atoms with E-state index in [2.05, 4.69) is 40.3 Å². The summed E-state index contributed by atoms with van der Waals surface area (Å²) in [6, 6.07) is 6.23. The molecule has 2 nitrogen and oxygen atoms in total. The SMILES string of the molecule is CCCCCOc1ccc(CNC)cc1Br. The first-order valence-electron chi connectivity index (χ1n) is 5.83. The molecule has 0 aliphatic carbocycles. The second-order valence-electron chi connectivity index (χ2n) is 3.85. The fraction of sp³-hybridized carbons (Fsp3) is 0.538. The van der Waals surface area contributed by atoms with Crippen molar-refractivity contribution in [3.05, 3.63) is 28.2 Å². The van der Waals surface area contributed by atoms with Gasteiger partial charge in [0.05, 0.1) is 11.1 Å². The maximum atomic E-state index is 5.70. The molecule has 3 heteroatoms. The van der Waals surface area contributed by atoms with Gasteiger partial charge in [-0.3, -0.25) is 0 Å². The molecule has 0 unspecified atom stereocenters. The Hall–Kier alpha value is -0.540. The van der Waals surface area contributed by atoms with Crippen LogP contribution in [0.5, 0.6) is 5.75 Å². The predicted molar refractivity (Wildman–Crippen MR) is 71.9 cm³/mol. The summed E-state index contributed by atoms with van der Waals surface area (Å²) >= 11 is 3.53. The van der Waals surface area contributed by atoms with Gasteiger partial charge in [0.2, 0.25) is 0 Å². The van der Waals surface area contributed by atoms with Gasteiger partial charge in [-0.25, -0.2) is 0 Å². The van der Waals surface area contributed by atoms with Crippen molar-refractivity contribution in [2.24, 2.45) is 0 Å². The van der Waals surface area contributed by atoms with Gasteiger partial charge in [-0.1, -0.05) is 25.8 Å². The van der Waals surface area contributed by atoms with Crippen molar-refractivity contribution >= 4 is 15.9 Å². The normalized spacial score (nSPS) is 10.4. The average Bonchev–Trinajstić information content (AvgIpc) is 2.27. The summed E-state index contributed by atoms with van der Waals surface area (Å²) in [7, 11) is 1.95. The van der Waals surface area contributed by atoms with Gasteiger partial charge in [0, 0.05) is 6.54 Å². The smallest absolute Gasteiger partial charge is 0.133 e. The molecule has 0 fully saturated rings. The molecular weight excluding hydrogens is 266 g/mol. The first-order valence-corrected chi connectivity index (χ1v) is 6.63. The molecule has 0 saturated carbocycles. The molecule has 0 atom stereocenters. The highest BCUT2D eigenvalue weighted by Gasteiger charge is 2.02. The first-order chi connectivity index (χ1) is 7.77. The lowest BCUT2D eigenvalue weighted by molar-refractivity contribution is 0.304. The topological polar surface area (TPSA) is 21.3 Å². The number of hydrogen-bond donors (Lipinski definition) is 1. The Labute approximate surface area is 107 Å². The van der Waals surface area contributed by atoms with Gasteiger partial charge in [0.15, 0.2) is 0 Å². The molecule has 0 aromatic heterocycles. The molecule has 1 rings (SSSR count). The van der Waals surface area contributed by atoms with Crippen LogP contribution >= 0.6 is 15.9 Å². The minimum atomic E-state index is 0.803. The van der Waals surface area contributed by atoms with E-state index in [0.29, 0.717) is 0 Å². The second kappa shape index (κ2) is 7.69. The summed E-state index contributed by atoms with van der Waals surface area (Å²) in [6.45, 7) is 3.88. The van der Waals surface area contributed by atoms with Gasteiger partial charge < -0.3 is 10.1 Å². The number of rotatable bonds is 7. The van der Waals surface area contributed by atoms with Gasteiger partial charge in [-0.05, 0) is 47.1 Å². The van der Waals surface area contributed by atoms with Crippen molar-refractivity contribution in [2.75, 3.05) is 13.7 Å². The van der Waals surface area contributed by atoms with Crippen molar-refractivity contribution < 1.29 is 4.74 Å². The van der Waals surface area contributed by atoms with Crippen LogP contribution in [0.1, 0.15) is 31.7 Å². The van der Waals surface area contributed by atoms with E-state index in [0.717, 1.165) is 29.8 Å². The van der Waals surface area contributed by atoms with Crippen LogP contribution < -0.4 is 10.1 Å². The quantitative estimate of drug-likeness (QED) is 0.771. The Morgan fingerprint density at radius 2 is 2.12 bits per heavy atom. The van der Waals surface area contributed by atoms with E-state index in [1.54, 1.807) is 0 Å². The molecule has 0 spiro atoms. The molecule has 1 aromatic rings. The van der Waals surface area contributed by atoms with Crippen LogP contribution in [-0.4, -0.2) is 13.7 Å². The number of halogens is 1. The van der Waals surface area contributed by atoms with E-state index in [-0.39, 0.29) is 0 Å². The zero-order valence-corrected chi connectivity index (χ0v) is 11.6. The van der Waals surface area contributed by atoms with Crippen LogP contribution in [-0.2, 0) is 6.54 Å². The molecule has 0 saturated heterocycles. The van der Waals surface area contributed by atoms with Crippen LogP contribution in [0.3, 0.4) is 0 Å². The fourth-order valence-corrected chi connectivity index (χ4v) is 2.05. The highest BCUT2D eigenvalue weighted by Crippen LogP contribution is 2.26. The zero-order chi connectivity index (χ0) is 11.8. The number of benzene rings is 1. The largest absolute Gasteiger partial charge is 0.492 e. The first kappa shape index (κ1) is 13.5. The Morgan fingerprint density at radius 3 is 2.75 bits per heavy atom. The summed E-state index contributed by atoms with van der Waals surface area (Å²) in [5.41, 5.74) is 1.26. The van der Waals surface area contributed by atoms with E-state index in [9.17, 15) is 0 Å². The highest BCUT2D eigenvalue weighted by atomic mass is 79.9. The minimum Gasteiger partial charge on any atom is -0.492 e. The third-order valence-electron chi connectivity index (χ3n) is 2.38. The lowest BCUT2D eigenvalue weighted by atomic mass is 10.2. The number of hydrogen-bond acceptors (Lipinski definition) is 2. The molecule has 0 heterocycles. The van der Waals surface area contributed by atoms with Gasteiger partial charge in [0.25, 0.3) is 0 Å². The molecule has 1 aromatic carbocycles. The van der Waals surface area contributed by atoms with E-state index in [1.165, 1.54) is 18.4 Å². The molecule has 0 aliphatic rings. The van der Waals surface area contributed by atoms with Crippen LogP contribution in [0.2, 0.25) is 0 Å². The van der Waals surface area contributed by atoms with Crippen LogP contribution in [0.4, 0.5) is 0 Å². The molecule has 0 radical (unpaired) electrons. The molecule has 1 N–H and O–H groups in total. The Morgan fingerprint density at radius 1 is 1.31 bits per heavy atom. The fourth-order valence-electron chi connectivity index (χ4n) is 1.51. The standard InChI is InChI=1S/C13H20BrNO/c1-3-4-5-8-16-13-7-6-11(10-15-2)9-12(13)14/h6-7,9,15H,3-5,8,10H2,1-2H3. The van der Waals surface area contributed by atoms with Gasteiger partial charge in [0.1, 0.15) is 5.75 Å². The van der Waals surface area contributed by atoms with Crippen LogP contribution in [0, 0.1) is 0 Å². The maximum absolute atomic E-state index is 5.70. The van der Waals surface area contributed by atoms with Gasteiger partial charge in [-0.15, -0.1) is 0 Å². The predicted octanol–water partition coefficient (Wildman–Crippen LogP) is 3.74. The van der Waals surface area contributed by atoms with Crippen LogP contribution in [0.15, 0.2) is 22.7 Å². The monoisotopic (exact) mass is 285 g/mol. The summed E-state index contributed by atoms with van der Waals surface area (Å²) in [5, 5.41) is 3.13. The van der Waals surface area contributed by atoms with Crippen molar-refractivity contribution in [3.63, 3.8) is 0 Å². The van der Waals surface area contributed by atoms with Crippen molar-refractivity contribution in [2.45, 2.75) is 32.7 Å². The van der Waals surface area contributed by atoms with Crippen LogP contribution in [0.25, 0.3) is 0 Å². The van der Waals surface area contributed by atoms with Crippen molar-refractivity contribution in [1.82, 2.24) is 5.32 Å². The third kappa shape index (κ3) is 4.54. The Kier molecular flexibility index (Phi) is 6.50. The molecule has 16 heavy (non-hydrogen) atoms. The maximum Gasteiger partial charge on any atom is 0.133 e. The average molecular weight is 286 g/mol. The number of nitrogens with one attached hydrogen (secondary N) is 1. The second-order valence-corrected chi connectivity index (χ2v) is 4.71. The Bertz CT molecular complexity index is 315. The summed E-state index contributed by atoms with van der Waals surface area (Å²) in [6.07, 6.45) is 3.59. The molecule has 0 aliphatic heterocycles. The molecule has 0 bridgehead atoms. The minimum absolute atomic E-state index is 0.803. The van der Waals surface area contributed by atoms with Gasteiger partial charge in [-0.2, -0.15) is 0 Å². The summed E-state index contributed by atoms with van der Waals surface area (Å²) < 4.78 is 6.74. The summed E-state index contributed by atoms with van der Waals surface area (Å²) in [4.78, 5) is 0. The Balaban J connectivity index is 2.47.